The average molecular weight is 485 g/mol. The smallest absolute Gasteiger partial charge is 0.262 e. The van der Waals surface area contributed by atoms with Crippen LogP contribution in [-0.2, 0) is 18.3 Å². The summed E-state index contributed by atoms with van der Waals surface area (Å²) >= 11 is 0. The van der Waals surface area contributed by atoms with Crippen molar-refractivity contribution in [3.05, 3.63) is 89.2 Å². The fourth-order valence-electron chi connectivity index (χ4n) is 4.11. The van der Waals surface area contributed by atoms with E-state index in [0.29, 0.717) is 30.1 Å². The number of hydrogen-bond donors (Lipinski definition) is 2. The molecule has 0 saturated carbocycles. The van der Waals surface area contributed by atoms with Crippen LogP contribution < -0.4 is 15.4 Å². The van der Waals surface area contributed by atoms with Gasteiger partial charge in [0.2, 0.25) is 0 Å². The number of benzene rings is 3. The van der Waals surface area contributed by atoms with E-state index >= 15 is 0 Å². The van der Waals surface area contributed by atoms with Crippen molar-refractivity contribution in [3.8, 4) is 5.75 Å². The molecule has 0 aliphatic heterocycles. The van der Waals surface area contributed by atoms with E-state index in [1.807, 2.05) is 67.1 Å². The minimum absolute atomic E-state index is 0.0736. The molecule has 4 rings (SSSR count). The van der Waals surface area contributed by atoms with Gasteiger partial charge in [0.05, 0.1) is 11.0 Å². The van der Waals surface area contributed by atoms with Gasteiger partial charge in [-0.3, -0.25) is 9.59 Å². The molecule has 7 nitrogen and oxygen atoms in total. The summed E-state index contributed by atoms with van der Waals surface area (Å²) in [5, 5.41) is 5.84. The number of carbonyl (C=O) groups excluding carboxylic acids is 2. The number of carbonyl (C=O) groups is 2. The number of amides is 2. The number of rotatable bonds is 9. The molecule has 1 aromatic heterocycles. The number of anilines is 1. The maximum atomic E-state index is 12.6. The lowest BCUT2D eigenvalue weighted by atomic mass is 10.0. The Morgan fingerprint density at radius 3 is 2.56 bits per heavy atom. The minimum Gasteiger partial charge on any atom is -0.483 e. The van der Waals surface area contributed by atoms with Crippen LogP contribution >= 0.6 is 0 Å². The number of nitrogens with zero attached hydrogens (tertiary/aromatic N) is 2. The molecular formula is C29H32N4O3. The van der Waals surface area contributed by atoms with E-state index in [1.165, 1.54) is 0 Å². The first-order chi connectivity index (χ1) is 17.3. The van der Waals surface area contributed by atoms with Crippen molar-refractivity contribution < 1.29 is 14.3 Å². The lowest BCUT2D eigenvalue weighted by Gasteiger charge is -2.15. The summed E-state index contributed by atoms with van der Waals surface area (Å²) in [6, 6.07) is 20.8. The van der Waals surface area contributed by atoms with E-state index in [9.17, 15) is 9.59 Å². The Morgan fingerprint density at radius 1 is 1.03 bits per heavy atom. The normalized spacial score (nSPS) is 11.0. The van der Waals surface area contributed by atoms with Crippen LogP contribution in [0.4, 0.5) is 5.69 Å². The monoisotopic (exact) mass is 484 g/mol. The first-order valence-electron chi connectivity index (χ1n) is 12.1. The van der Waals surface area contributed by atoms with E-state index < -0.39 is 0 Å². The molecule has 0 unspecified atom stereocenters. The second-order valence-electron chi connectivity index (χ2n) is 9.20. The second kappa shape index (κ2) is 11.1. The number of aromatic nitrogens is 2. The molecular weight excluding hydrogens is 452 g/mol. The Kier molecular flexibility index (Phi) is 7.68. The lowest BCUT2D eigenvalue weighted by molar-refractivity contribution is -0.118. The highest BCUT2D eigenvalue weighted by Crippen LogP contribution is 2.27. The topological polar surface area (TPSA) is 85.2 Å². The number of imidazole rings is 1. The molecule has 0 radical (unpaired) electrons. The first-order valence-corrected chi connectivity index (χ1v) is 12.1. The van der Waals surface area contributed by atoms with Gasteiger partial charge in [-0.2, -0.15) is 0 Å². The van der Waals surface area contributed by atoms with Gasteiger partial charge in [-0.05, 0) is 60.4 Å². The third-order valence-corrected chi connectivity index (χ3v) is 6.08. The summed E-state index contributed by atoms with van der Waals surface area (Å²) in [7, 11) is 1.95. The molecule has 3 aromatic carbocycles. The Hall–Kier alpha value is -4.13. The zero-order valence-electron chi connectivity index (χ0n) is 21.2. The van der Waals surface area contributed by atoms with Crippen molar-refractivity contribution >= 4 is 28.5 Å². The highest BCUT2D eigenvalue weighted by atomic mass is 16.5. The molecule has 0 spiro atoms. The molecule has 7 heteroatoms. The number of hydrogen-bond acceptors (Lipinski definition) is 4. The lowest BCUT2D eigenvalue weighted by Crippen LogP contribution is -2.26. The molecule has 0 aliphatic carbocycles. The molecule has 0 atom stereocenters. The van der Waals surface area contributed by atoms with Crippen LogP contribution in [-0.4, -0.2) is 34.5 Å². The SMILES string of the molecule is Cc1ccc(C(C)C)c(OCC(=O)Nc2ccc3c(c2)nc(CCNC(=O)c2ccccc2)n3C)c1. The molecule has 4 aromatic rings. The van der Waals surface area contributed by atoms with Crippen molar-refractivity contribution in [1.29, 1.82) is 0 Å². The van der Waals surface area contributed by atoms with Crippen molar-refractivity contribution in [1.82, 2.24) is 14.9 Å². The van der Waals surface area contributed by atoms with E-state index in [-0.39, 0.29) is 18.4 Å². The Bertz CT molecular complexity index is 1380. The summed E-state index contributed by atoms with van der Waals surface area (Å²) in [5.74, 6) is 1.56. The molecule has 2 amide bonds. The zero-order chi connectivity index (χ0) is 25.7. The van der Waals surface area contributed by atoms with Crippen LogP contribution in [0.15, 0.2) is 66.7 Å². The maximum Gasteiger partial charge on any atom is 0.262 e. The van der Waals surface area contributed by atoms with E-state index in [2.05, 4.69) is 30.5 Å². The molecule has 1 heterocycles. The van der Waals surface area contributed by atoms with Crippen molar-refractivity contribution in [2.45, 2.75) is 33.1 Å². The molecule has 0 saturated heterocycles. The molecule has 0 aliphatic rings. The van der Waals surface area contributed by atoms with Crippen LogP contribution in [0.25, 0.3) is 11.0 Å². The van der Waals surface area contributed by atoms with Crippen LogP contribution in [0.3, 0.4) is 0 Å². The minimum atomic E-state index is -0.231. The standard InChI is InChI=1S/C29H32N4O3/c1-19(2)23-12-10-20(3)16-26(23)36-18-28(34)31-22-11-13-25-24(17-22)32-27(33(25)4)14-15-30-29(35)21-8-6-5-7-9-21/h5-13,16-17,19H,14-15,18H2,1-4H3,(H,30,35)(H,31,34). The predicted octanol–water partition coefficient (Wildman–Crippen LogP) is 5.00. The largest absolute Gasteiger partial charge is 0.483 e. The molecule has 0 bridgehead atoms. The number of fused-ring (bicyclic) bond motifs is 1. The molecule has 2 N–H and O–H groups in total. The number of aryl methyl sites for hydroxylation is 2. The Morgan fingerprint density at radius 2 is 1.81 bits per heavy atom. The summed E-state index contributed by atoms with van der Waals surface area (Å²) in [6.07, 6.45) is 0.591. The van der Waals surface area contributed by atoms with Gasteiger partial charge in [-0.1, -0.05) is 44.2 Å². The summed E-state index contributed by atoms with van der Waals surface area (Å²) in [5.41, 5.74) is 5.19. The summed E-state index contributed by atoms with van der Waals surface area (Å²) in [4.78, 5) is 29.6. The van der Waals surface area contributed by atoms with Crippen LogP contribution in [0.5, 0.6) is 5.75 Å². The molecule has 186 valence electrons. The van der Waals surface area contributed by atoms with Crippen LogP contribution in [0, 0.1) is 6.92 Å². The average Bonchev–Trinajstić information content (AvgIpc) is 3.17. The third-order valence-electron chi connectivity index (χ3n) is 6.08. The van der Waals surface area contributed by atoms with Gasteiger partial charge in [0.1, 0.15) is 11.6 Å². The van der Waals surface area contributed by atoms with E-state index in [0.717, 1.165) is 33.7 Å². The number of nitrogens with one attached hydrogen (secondary N) is 2. The fraction of sp³-hybridized carbons (Fsp3) is 0.276. The predicted molar refractivity (Wildman–Crippen MR) is 143 cm³/mol. The van der Waals surface area contributed by atoms with Gasteiger partial charge < -0.3 is 19.9 Å². The zero-order valence-corrected chi connectivity index (χ0v) is 21.2. The fourth-order valence-corrected chi connectivity index (χ4v) is 4.11. The van der Waals surface area contributed by atoms with Gasteiger partial charge in [-0.15, -0.1) is 0 Å². The van der Waals surface area contributed by atoms with Crippen LogP contribution in [0.2, 0.25) is 0 Å². The first kappa shape index (κ1) is 25.0. The van der Waals surface area contributed by atoms with Crippen molar-refractivity contribution in [2.75, 3.05) is 18.5 Å². The van der Waals surface area contributed by atoms with Crippen molar-refractivity contribution in [2.24, 2.45) is 7.05 Å². The highest BCUT2D eigenvalue weighted by molar-refractivity contribution is 5.94. The van der Waals surface area contributed by atoms with Crippen molar-refractivity contribution in [3.63, 3.8) is 0 Å². The quantitative estimate of drug-likeness (QED) is 0.350. The molecule has 0 fully saturated rings. The van der Waals surface area contributed by atoms with Gasteiger partial charge in [0.25, 0.3) is 11.8 Å². The highest BCUT2D eigenvalue weighted by Gasteiger charge is 2.13. The Labute approximate surface area is 211 Å². The van der Waals surface area contributed by atoms with Gasteiger partial charge in [0, 0.05) is 31.3 Å². The van der Waals surface area contributed by atoms with Crippen LogP contribution in [0.1, 0.15) is 47.1 Å². The van der Waals surface area contributed by atoms with Gasteiger partial charge >= 0.3 is 0 Å². The van der Waals surface area contributed by atoms with Gasteiger partial charge in [0.15, 0.2) is 6.61 Å². The third kappa shape index (κ3) is 5.92. The van der Waals surface area contributed by atoms with E-state index in [1.54, 1.807) is 12.1 Å². The second-order valence-corrected chi connectivity index (χ2v) is 9.20. The number of ether oxygens (including phenoxy) is 1. The summed E-state index contributed by atoms with van der Waals surface area (Å²) < 4.78 is 7.86. The Balaban J connectivity index is 1.36. The van der Waals surface area contributed by atoms with E-state index in [4.69, 9.17) is 9.72 Å². The summed E-state index contributed by atoms with van der Waals surface area (Å²) in [6.45, 7) is 6.61. The molecule has 36 heavy (non-hydrogen) atoms. The maximum absolute atomic E-state index is 12.6. The van der Waals surface area contributed by atoms with Gasteiger partial charge in [-0.25, -0.2) is 4.98 Å².